The lowest BCUT2D eigenvalue weighted by Crippen LogP contribution is -2.10. The number of ether oxygens (including phenoxy) is 1. The summed E-state index contributed by atoms with van der Waals surface area (Å²) in [6.07, 6.45) is 1.49. The summed E-state index contributed by atoms with van der Waals surface area (Å²) < 4.78 is 61.6. The molecule has 5 nitrogen and oxygen atoms in total. The van der Waals surface area contributed by atoms with Gasteiger partial charge in [0.15, 0.2) is 5.78 Å². The molecule has 0 amide bonds. The maximum Gasteiger partial charge on any atom is 0.393 e. The Hall–Kier alpha value is -4.27. The Bertz CT molecular complexity index is 1470. The molecule has 0 saturated carbocycles. The molecule has 0 saturated heterocycles. The quantitative estimate of drug-likeness (QED) is 0.0921. The minimum Gasteiger partial charge on any atom is -0.478 e. The maximum atomic E-state index is 14.3. The fourth-order valence-corrected chi connectivity index (χ4v) is 4.23. The van der Waals surface area contributed by atoms with Crippen molar-refractivity contribution in [3.05, 3.63) is 102 Å². The van der Waals surface area contributed by atoms with Crippen molar-refractivity contribution in [3.63, 3.8) is 0 Å². The van der Waals surface area contributed by atoms with Crippen LogP contribution in [-0.2, 0) is 4.79 Å². The van der Waals surface area contributed by atoms with E-state index in [-0.39, 0.29) is 22.3 Å². The Labute approximate surface area is 223 Å². The van der Waals surface area contributed by atoms with Crippen LogP contribution in [0.1, 0.15) is 49.3 Å². The summed E-state index contributed by atoms with van der Waals surface area (Å²) in [6, 6.07) is 16.3. The molecule has 4 rings (SSSR count). The first kappa shape index (κ1) is 27.8. The van der Waals surface area contributed by atoms with Gasteiger partial charge in [-0.1, -0.05) is 42.5 Å². The predicted octanol–water partition coefficient (Wildman–Crippen LogP) is 7.70. The lowest BCUT2D eigenvalue weighted by molar-refractivity contribution is -0.123. The number of aromatic nitrogens is 3. The van der Waals surface area contributed by atoms with Gasteiger partial charge in [-0.3, -0.25) is 9.89 Å². The van der Waals surface area contributed by atoms with Crippen molar-refractivity contribution < 1.29 is 27.1 Å². The molecule has 9 heteroatoms. The molecule has 0 aliphatic rings. The van der Waals surface area contributed by atoms with Gasteiger partial charge in [-0.25, -0.2) is 4.98 Å². The number of aromatic amines is 1. The number of benzene rings is 2. The molecule has 0 fully saturated rings. The molecule has 1 N–H and O–H groups in total. The van der Waals surface area contributed by atoms with Gasteiger partial charge in [-0.2, -0.15) is 22.7 Å². The number of alkyl halides is 3. The number of unbranched alkanes of at least 4 members (excludes halogenated alkanes) is 2. The Morgan fingerprint density at radius 1 is 1.00 bits per heavy atom. The van der Waals surface area contributed by atoms with E-state index >= 15 is 0 Å². The first-order chi connectivity index (χ1) is 18.7. The van der Waals surface area contributed by atoms with Crippen molar-refractivity contribution in [2.24, 2.45) is 0 Å². The molecule has 0 bridgehead atoms. The fourth-order valence-electron chi connectivity index (χ4n) is 4.23. The number of carbonyl (C=O) groups excluding carboxylic acids is 1. The lowest BCUT2D eigenvalue weighted by Gasteiger charge is -2.19. The monoisotopic (exact) mass is 537 g/mol. The number of hydrogen-bond donors (Lipinski definition) is 1. The highest BCUT2D eigenvalue weighted by Gasteiger charge is 2.31. The number of nitrogens with zero attached hydrogens (tertiary/aromatic N) is 2. The number of pyridine rings is 1. The molecule has 4 aromatic rings. The molecular weight excluding hydrogens is 510 g/mol. The summed E-state index contributed by atoms with van der Waals surface area (Å²) in [5, 5.41) is 6.33. The Morgan fingerprint density at radius 2 is 1.77 bits per heavy atom. The molecule has 0 radical (unpaired) electrons. The number of rotatable bonds is 11. The van der Waals surface area contributed by atoms with Crippen molar-refractivity contribution in [3.8, 4) is 5.88 Å². The van der Waals surface area contributed by atoms with Gasteiger partial charge < -0.3 is 4.74 Å². The fraction of sp³-hybridized carbons (Fsp3) is 0.233. The lowest BCUT2D eigenvalue weighted by atomic mass is 9.88. The van der Waals surface area contributed by atoms with Crippen molar-refractivity contribution in [2.45, 2.75) is 38.8 Å². The first-order valence-electron chi connectivity index (χ1n) is 12.5. The summed E-state index contributed by atoms with van der Waals surface area (Å²) in [5.41, 5.74) is 1.93. The van der Waals surface area contributed by atoms with E-state index in [9.17, 15) is 22.4 Å². The van der Waals surface area contributed by atoms with Crippen LogP contribution >= 0.6 is 0 Å². The summed E-state index contributed by atoms with van der Waals surface area (Å²) >= 11 is 0. The smallest absolute Gasteiger partial charge is 0.393 e. The molecule has 0 aliphatic heterocycles. The molecular formula is C30H27F4N3O2. The maximum absolute atomic E-state index is 14.3. The van der Waals surface area contributed by atoms with Gasteiger partial charge in [0, 0.05) is 17.8 Å². The van der Waals surface area contributed by atoms with E-state index in [2.05, 4.69) is 15.2 Å². The van der Waals surface area contributed by atoms with E-state index in [1.165, 1.54) is 25.3 Å². The number of fused-ring (bicyclic) bond motifs is 1. The highest BCUT2D eigenvalue weighted by molar-refractivity contribution is 6.00. The molecule has 202 valence electrons. The average Bonchev–Trinajstić information content (AvgIpc) is 3.28. The van der Waals surface area contributed by atoms with Gasteiger partial charge in [0.2, 0.25) is 11.8 Å². The van der Waals surface area contributed by atoms with Crippen LogP contribution in [0.25, 0.3) is 22.0 Å². The summed E-state index contributed by atoms with van der Waals surface area (Å²) in [4.78, 5) is 15.3. The van der Waals surface area contributed by atoms with Crippen molar-refractivity contribution >= 4 is 27.8 Å². The number of H-pyrrole nitrogens is 1. The zero-order valence-electron chi connectivity index (χ0n) is 21.3. The van der Waals surface area contributed by atoms with E-state index in [0.717, 1.165) is 19.3 Å². The number of hydrogen-bond acceptors (Lipinski definition) is 4. The summed E-state index contributed by atoms with van der Waals surface area (Å²) in [5.74, 6) is -0.322. The van der Waals surface area contributed by atoms with E-state index < -0.39 is 18.5 Å². The average molecular weight is 538 g/mol. The minimum absolute atomic E-state index is 0.00411. The van der Waals surface area contributed by atoms with Crippen LogP contribution in [0.2, 0.25) is 0 Å². The SMILES string of the molecule is CC(=O)/C=C/CCCCOc1ccc(/C(=C(/CC(F)(F)F)c2ccccc2)c2ccc3n[nH]c(F)c3c2)cn1. The van der Waals surface area contributed by atoms with Crippen LogP contribution in [0.5, 0.6) is 5.88 Å². The van der Waals surface area contributed by atoms with Crippen molar-refractivity contribution in [1.82, 2.24) is 15.2 Å². The van der Waals surface area contributed by atoms with E-state index in [0.29, 0.717) is 34.7 Å². The van der Waals surface area contributed by atoms with Gasteiger partial charge >= 0.3 is 6.18 Å². The van der Waals surface area contributed by atoms with E-state index in [4.69, 9.17) is 4.74 Å². The molecule has 2 aromatic carbocycles. The molecule has 2 aromatic heterocycles. The molecule has 2 heterocycles. The highest BCUT2D eigenvalue weighted by Crippen LogP contribution is 2.40. The van der Waals surface area contributed by atoms with Crippen LogP contribution in [0.3, 0.4) is 0 Å². The third-order valence-corrected chi connectivity index (χ3v) is 5.99. The second-order valence-electron chi connectivity index (χ2n) is 9.02. The number of allylic oxidation sites excluding steroid dienone is 3. The summed E-state index contributed by atoms with van der Waals surface area (Å²) in [7, 11) is 0. The molecule has 0 atom stereocenters. The van der Waals surface area contributed by atoms with Gasteiger partial charge in [0.05, 0.1) is 23.9 Å². The number of ketones is 1. The normalized spacial score (nSPS) is 12.6. The zero-order valence-corrected chi connectivity index (χ0v) is 21.3. The van der Waals surface area contributed by atoms with Crippen LogP contribution in [0.15, 0.2) is 79.0 Å². The zero-order chi connectivity index (χ0) is 27.8. The third-order valence-electron chi connectivity index (χ3n) is 5.99. The van der Waals surface area contributed by atoms with Crippen LogP contribution < -0.4 is 4.74 Å². The van der Waals surface area contributed by atoms with Crippen LogP contribution in [-0.4, -0.2) is 33.7 Å². The predicted molar refractivity (Wildman–Crippen MR) is 142 cm³/mol. The third kappa shape index (κ3) is 7.63. The van der Waals surface area contributed by atoms with Crippen molar-refractivity contribution in [1.29, 1.82) is 0 Å². The number of nitrogens with one attached hydrogen (secondary N) is 1. The molecule has 0 unspecified atom stereocenters. The van der Waals surface area contributed by atoms with Crippen LogP contribution in [0.4, 0.5) is 17.6 Å². The van der Waals surface area contributed by atoms with E-state index in [1.807, 2.05) is 6.08 Å². The number of carbonyl (C=O) groups is 1. The Balaban J connectivity index is 1.68. The Kier molecular flexibility index (Phi) is 8.91. The minimum atomic E-state index is -4.49. The second-order valence-corrected chi connectivity index (χ2v) is 9.02. The Morgan fingerprint density at radius 3 is 2.46 bits per heavy atom. The molecule has 0 spiro atoms. The van der Waals surface area contributed by atoms with Crippen LogP contribution in [0, 0.1) is 5.95 Å². The molecule has 0 aliphatic carbocycles. The van der Waals surface area contributed by atoms with Gasteiger partial charge in [0.25, 0.3) is 0 Å². The first-order valence-corrected chi connectivity index (χ1v) is 12.5. The van der Waals surface area contributed by atoms with Gasteiger partial charge in [0.1, 0.15) is 0 Å². The highest BCUT2D eigenvalue weighted by atomic mass is 19.4. The standard InChI is InChI=1S/C30H27F4N3O2/c1-20(38)9-5-2-3-8-16-39-27-15-13-23(19-35-27)28(22-12-14-26-24(17-22)29(31)37-36-26)25(18-30(32,33)34)21-10-6-4-7-11-21/h4-7,9-15,17,19H,2-3,8,16,18H2,1H3,(H,36,37)/b9-5+,28-25-. The van der Waals surface area contributed by atoms with E-state index in [1.54, 1.807) is 54.6 Å². The van der Waals surface area contributed by atoms with Gasteiger partial charge in [-0.05, 0) is 72.7 Å². The second kappa shape index (κ2) is 12.5. The van der Waals surface area contributed by atoms with Gasteiger partial charge in [-0.15, -0.1) is 0 Å². The largest absolute Gasteiger partial charge is 0.478 e. The van der Waals surface area contributed by atoms with Crippen molar-refractivity contribution in [2.75, 3.05) is 6.61 Å². The molecule has 39 heavy (non-hydrogen) atoms. The topological polar surface area (TPSA) is 67.9 Å². The summed E-state index contributed by atoms with van der Waals surface area (Å²) in [6.45, 7) is 1.90. The number of halogens is 4.